The molecule has 1 aliphatic rings. The smallest absolute Gasteiger partial charge is 0.306 e. The van der Waals surface area contributed by atoms with Crippen molar-refractivity contribution in [3.05, 3.63) is 16.1 Å². The lowest BCUT2D eigenvalue weighted by Gasteiger charge is -2.13. The number of hydrogen-bond acceptors (Lipinski definition) is 5. The topological polar surface area (TPSA) is 75.6 Å². The van der Waals surface area contributed by atoms with Gasteiger partial charge in [0.15, 0.2) is 5.96 Å². The van der Waals surface area contributed by atoms with Gasteiger partial charge >= 0.3 is 5.97 Å². The first-order valence-electron chi connectivity index (χ1n) is 8.72. The standard InChI is InChI=1S/C17H28N4O2S/c1-13-12-21-15(24-13)9-11-20-17(18-2)19-10-5-8-16(22)23-14-6-3-4-7-14/h12,14H,3-11H2,1-2H3,(H2,18,19,20). The second kappa shape index (κ2) is 10.3. The monoisotopic (exact) mass is 352 g/mol. The van der Waals surface area contributed by atoms with Crippen LogP contribution >= 0.6 is 11.3 Å². The van der Waals surface area contributed by atoms with E-state index in [-0.39, 0.29) is 12.1 Å². The van der Waals surface area contributed by atoms with E-state index in [1.54, 1.807) is 18.4 Å². The first-order chi connectivity index (χ1) is 11.7. The number of guanidine groups is 1. The van der Waals surface area contributed by atoms with Gasteiger partial charge in [0.2, 0.25) is 0 Å². The van der Waals surface area contributed by atoms with Crippen molar-refractivity contribution in [1.82, 2.24) is 15.6 Å². The van der Waals surface area contributed by atoms with Crippen molar-refractivity contribution >= 4 is 23.3 Å². The quantitative estimate of drug-likeness (QED) is 0.325. The van der Waals surface area contributed by atoms with Crippen molar-refractivity contribution in [3.63, 3.8) is 0 Å². The average Bonchev–Trinajstić information content (AvgIpc) is 3.21. The van der Waals surface area contributed by atoms with Crippen LogP contribution in [0.25, 0.3) is 0 Å². The first-order valence-corrected chi connectivity index (χ1v) is 9.54. The second-order valence-corrected chi connectivity index (χ2v) is 7.36. The van der Waals surface area contributed by atoms with Crippen LogP contribution in [0.1, 0.15) is 48.4 Å². The molecular weight excluding hydrogens is 324 g/mol. The number of aliphatic imine (C=N–C) groups is 1. The maximum Gasteiger partial charge on any atom is 0.306 e. The van der Waals surface area contributed by atoms with E-state index in [0.717, 1.165) is 43.2 Å². The van der Waals surface area contributed by atoms with Gasteiger partial charge in [-0.2, -0.15) is 0 Å². The molecule has 0 spiro atoms. The molecule has 1 heterocycles. The van der Waals surface area contributed by atoms with E-state index < -0.39 is 0 Å². The summed E-state index contributed by atoms with van der Waals surface area (Å²) >= 11 is 1.72. The Hall–Kier alpha value is -1.63. The van der Waals surface area contributed by atoms with Gasteiger partial charge in [0.1, 0.15) is 6.10 Å². The number of aromatic nitrogens is 1. The molecule has 134 valence electrons. The summed E-state index contributed by atoms with van der Waals surface area (Å²) in [5.74, 6) is 0.679. The number of carbonyl (C=O) groups is 1. The molecule has 0 radical (unpaired) electrons. The number of hydrogen-bond donors (Lipinski definition) is 2. The van der Waals surface area contributed by atoms with Crippen LogP contribution in [0.15, 0.2) is 11.2 Å². The summed E-state index contributed by atoms with van der Waals surface area (Å²) in [4.78, 5) is 21.5. The Kier molecular flexibility index (Phi) is 8.01. The molecule has 0 aliphatic heterocycles. The Labute approximate surface area is 148 Å². The van der Waals surface area contributed by atoms with Crippen molar-refractivity contribution < 1.29 is 9.53 Å². The lowest BCUT2D eigenvalue weighted by molar-refractivity contribution is -0.148. The highest BCUT2D eigenvalue weighted by Gasteiger charge is 2.18. The number of ether oxygens (including phenoxy) is 1. The molecule has 2 N–H and O–H groups in total. The summed E-state index contributed by atoms with van der Waals surface area (Å²) in [7, 11) is 1.75. The third-order valence-corrected chi connectivity index (χ3v) is 4.95. The zero-order valence-electron chi connectivity index (χ0n) is 14.6. The van der Waals surface area contributed by atoms with Gasteiger partial charge in [-0.15, -0.1) is 11.3 Å². The number of nitrogens with one attached hydrogen (secondary N) is 2. The van der Waals surface area contributed by atoms with Crippen LogP contribution in [0.2, 0.25) is 0 Å². The Morgan fingerprint density at radius 1 is 1.38 bits per heavy atom. The number of rotatable bonds is 8. The van der Waals surface area contributed by atoms with Gasteiger partial charge < -0.3 is 15.4 Å². The average molecular weight is 353 g/mol. The highest BCUT2D eigenvalue weighted by atomic mass is 32.1. The van der Waals surface area contributed by atoms with Gasteiger partial charge in [0.05, 0.1) is 5.01 Å². The zero-order valence-corrected chi connectivity index (χ0v) is 15.5. The van der Waals surface area contributed by atoms with Crippen LogP contribution in [0, 0.1) is 6.92 Å². The molecule has 0 aromatic carbocycles. The minimum Gasteiger partial charge on any atom is -0.462 e. The van der Waals surface area contributed by atoms with Gasteiger partial charge in [-0.3, -0.25) is 9.79 Å². The third kappa shape index (κ3) is 6.86. The summed E-state index contributed by atoms with van der Waals surface area (Å²) in [6.45, 7) is 3.55. The Bertz CT molecular complexity index is 538. The second-order valence-electron chi connectivity index (χ2n) is 6.04. The van der Waals surface area contributed by atoms with Gasteiger partial charge in [-0.05, 0) is 39.0 Å². The molecule has 0 saturated heterocycles. The summed E-state index contributed by atoms with van der Waals surface area (Å²) < 4.78 is 5.44. The molecule has 6 nitrogen and oxygen atoms in total. The SMILES string of the molecule is CN=C(NCCCC(=O)OC1CCCC1)NCCc1ncc(C)s1. The number of esters is 1. The van der Waals surface area contributed by atoms with E-state index in [2.05, 4.69) is 27.5 Å². The van der Waals surface area contributed by atoms with Crippen molar-refractivity contribution in [3.8, 4) is 0 Å². The van der Waals surface area contributed by atoms with E-state index in [1.807, 2.05) is 6.20 Å². The molecule has 2 rings (SSSR count). The highest BCUT2D eigenvalue weighted by molar-refractivity contribution is 7.11. The van der Waals surface area contributed by atoms with Crippen molar-refractivity contribution in [1.29, 1.82) is 0 Å². The number of nitrogens with zero attached hydrogens (tertiary/aromatic N) is 2. The van der Waals surface area contributed by atoms with Crippen LogP contribution < -0.4 is 10.6 Å². The van der Waals surface area contributed by atoms with E-state index in [1.165, 1.54) is 17.7 Å². The lowest BCUT2D eigenvalue weighted by atomic mass is 10.3. The van der Waals surface area contributed by atoms with Gasteiger partial charge in [0, 0.05) is 44.1 Å². The van der Waals surface area contributed by atoms with Crippen LogP contribution in [-0.2, 0) is 16.0 Å². The van der Waals surface area contributed by atoms with Gasteiger partial charge in [-0.1, -0.05) is 0 Å². The molecular formula is C17H28N4O2S. The number of thiazole rings is 1. The van der Waals surface area contributed by atoms with Gasteiger partial charge in [0.25, 0.3) is 0 Å². The number of aryl methyl sites for hydroxylation is 1. The molecule has 0 amide bonds. The molecule has 0 bridgehead atoms. The molecule has 1 aliphatic carbocycles. The van der Waals surface area contributed by atoms with Crippen molar-refractivity contribution in [2.24, 2.45) is 4.99 Å². The fraction of sp³-hybridized carbons (Fsp3) is 0.706. The van der Waals surface area contributed by atoms with Gasteiger partial charge in [-0.25, -0.2) is 4.98 Å². The minimum atomic E-state index is -0.0780. The Morgan fingerprint density at radius 3 is 2.79 bits per heavy atom. The maximum absolute atomic E-state index is 11.7. The Morgan fingerprint density at radius 2 is 2.12 bits per heavy atom. The summed E-state index contributed by atoms with van der Waals surface area (Å²) in [6.07, 6.45) is 8.57. The first kappa shape index (κ1) is 18.7. The van der Waals surface area contributed by atoms with Crippen molar-refractivity contribution in [2.45, 2.75) is 58.0 Å². The van der Waals surface area contributed by atoms with E-state index >= 15 is 0 Å². The molecule has 0 atom stereocenters. The van der Waals surface area contributed by atoms with Crippen LogP contribution in [-0.4, -0.2) is 43.2 Å². The highest BCUT2D eigenvalue weighted by Crippen LogP contribution is 2.21. The van der Waals surface area contributed by atoms with Crippen molar-refractivity contribution in [2.75, 3.05) is 20.1 Å². The zero-order chi connectivity index (χ0) is 17.2. The fourth-order valence-corrected chi connectivity index (χ4v) is 3.50. The molecule has 1 aromatic rings. The van der Waals surface area contributed by atoms with E-state index in [9.17, 15) is 4.79 Å². The molecule has 0 unspecified atom stereocenters. The fourth-order valence-electron chi connectivity index (χ4n) is 2.72. The Balaban J connectivity index is 1.53. The maximum atomic E-state index is 11.7. The predicted molar refractivity (Wildman–Crippen MR) is 97.5 cm³/mol. The third-order valence-electron chi connectivity index (χ3n) is 3.97. The summed E-state index contributed by atoms with van der Waals surface area (Å²) in [5, 5.41) is 7.62. The van der Waals surface area contributed by atoms with E-state index in [4.69, 9.17) is 4.74 Å². The van der Waals surface area contributed by atoms with Crippen LogP contribution in [0.5, 0.6) is 0 Å². The molecule has 1 fully saturated rings. The molecule has 24 heavy (non-hydrogen) atoms. The largest absolute Gasteiger partial charge is 0.462 e. The molecule has 7 heteroatoms. The predicted octanol–water partition coefficient (Wildman–Crippen LogP) is 2.43. The minimum absolute atomic E-state index is 0.0780. The lowest BCUT2D eigenvalue weighted by Crippen LogP contribution is -2.38. The van der Waals surface area contributed by atoms with Crippen LogP contribution in [0.3, 0.4) is 0 Å². The summed E-state index contributed by atoms with van der Waals surface area (Å²) in [5.41, 5.74) is 0. The number of carbonyl (C=O) groups excluding carboxylic acids is 1. The van der Waals surface area contributed by atoms with Crippen LogP contribution in [0.4, 0.5) is 0 Å². The van der Waals surface area contributed by atoms with E-state index in [0.29, 0.717) is 13.0 Å². The molecule has 1 aromatic heterocycles. The normalized spacial score (nSPS) is 15.5. The molecule has 1 saturated carbocycles. The summed E-state index contributed by atoms with van der Waals surface area (Å²) in [6, 6.07) is 0.